The molecule has 2 heterocycles. The highest BCUT2D eigenvalue weighted by Crippen LogP contribution is 2.18. The molecule has 3 aromatic rings. The third kappa shape index (κ3) is 4.30. The lowest BCUT2D eigenvalue weighted by Crippen LogP contribution is -2.28. The van der Waals surface area contributed by atoms with Gasteiger partial charge >= 0.3 is 0 Å². The molecule has 23 heavy (non-hydrogen) atoms. The fourth-order valence-electron chi connectivity index (χ4n) is 2.34. The van der Waals surface area contributed by atoms with Crippen molar-refractivity contribution in [3.63, 3.8) is 0 Å². The molecular formula is C17H16BrN3OS. The highest BCUT2D eigenvalue weighted by Gasteiger charge is 2.11. The number of benzene rings is 1. The minimum Gasteiger partial charge on any atom is -0.350 e. The summed E-state index contributed by atoms with van der Waals surface area (Å²) in [6, 6.07) is 11.9. The van der Waals surface area contributed by atoms with Crippen LogP contribution in [0.2, 0.25) is 0 Å². The van der Waals surface area contributed by atoms with Gasteiger partial charge in [-0.05, 0) is 39.0 Å². The van der Waals surface area contributed by atoms with Crippen molar-refractivity contribution < 1.29 is 4.79 Å². The minimum atomic E-state index is -0.0385. The van der Waals surface area contributed by atoms with Gasteiger partial charge in [-0.1, -0.05) is 24.3 Å². The molecule has 0 saturated heterocycles. The number of carbonyl (C=O) groups excluding carboxylic acids is 1. The Bertz CT molecular complexity index is 783. The van der Waals surface area contributed by atoms with Crippen LogP contribution in [0.25, 0.3) is 0 Å². The lowest BCUT2D eigenvalue weighted by molar-refractivity contribution is 0.0951. The number of rotatable bonds is 6. The highest BCUT2D eigenvalue weighted by atomic mass is 79.9. The molecule has 4 nitrogen and oxygen atoms in total. The summed E-state index contributed by atoms with van der Waals surface area (Å²) >= 11 is 5.07. The Labute approximate surface area is 147 Å². The molecule has 0 aliphatic carbocycles. The zero-order valence-electron chi connectivity index (χ0n) is 12.4. The topological polar surface area (TPSA) is 46.9 Å². The quantitative estimate of drug-likeness (QED) is 0.697. The number of halogens is 1. The van der Waals surface area contributed by atoms with E-state index in [0.29, 0.717) is 13.1 Å². The van der Waals surface area contributed by atoms with E-state index in [2.05, 4.69) is 37.8 Å². The first kappa shape index (κ1) is 16.0. The van der Waals surface area contributed by atoms with Crippen LogP contribution in [0.5, 0.6) is 0 Å². The summed E-state index contributed by atoms with van der Waals surface area (Å²) in [4.78, 5) is 13.7. The third-order valence-corrected chi connectivity index (χ3v) is 4.72. The molecule has 0 atom stereocenters. The van der Waals surface area contributed by atoms with Crippen LogP contribution in [0.15, 0.2) is 58.6 Å². The number of thiophene rings is 1. The molecule has 0 aliphatic rings. The number of hydrogen-bond acceptors (Lipinski definition) is 3. The van der Waals surface area contributed by atoms with Gasteiger partial charge in [-0.3, -0.25) is 9.48 Å². The van der Waals surface area contributed by atoms with Gasteiger partial charge in [-0.2, -0.15) is 5.10 Å². The molecule has 2 aromatic heterocycles. The number of amides is 1. The average Bonchev–Trinajstić information content (AvgIpc) is 3.20. The largest absolute Gasteiger partial charge is 0.350 e. The van der Waals surface area contributed by atoms with Crippen molar-refractivity contribution in [3.05, 3.63) is 74.6 Å². The molecule has 0 radical (unpaired) electrons. The van der Waals surface area contributed by atoms with Gasteiger partial charge in [0.15, 0.2) is 0 Å². The molecule has 118 valence electrons. The maximum atomic E-state index is 12.4. The van der Waals surface area contributed by atoms with Gasteiger partial charge in [0.05, 0.1) is 17.2 Å². The summed E-state index contributed by atoms with van der Waals surface area (Å²) in [7, 11) is 0. The van der Waals surface area contributed by atoms with Crippen molar-refractivity contribution in [2.45, 2.75) is 13.0 Å². The van der Waals surface area contributed by atoms with Crippen LogP contribution < -0.4 is 5.32 Å². The average molecular weight is 390 g/mol. The zero-order chi connectivity index (χ0) is 16.1. The summed E-state index contributed by atoms with van der Waals surface area (Å²) < 4.78 is 2.73. The summed E-state index contributed by atoms with van der Waals surface area (Å²) in [5, 5.41) is 9.19. The highest BCUT2D eigenvalue weighted by molar-refractivity contribution is 9.10. The second-order valence-corrected chi connectivity index (χ2v) is 7.04. The van der Waals surface area contributed by atoms with Gasteiger partial charge in [0.2, 0.25) is 0 Å². The van der Waals surface area contributed by atoms with Crippen molar-refractivity contribution in [3.8, 4) is 0 Å². The van der Waals surface area contributed by atoms with Gasteiger partial charge in [0.1, 0.15) is 0 Å². The monoisotopic (exact) mass is 389 g/mol. The van der Waals surface area contributed by atoms with Gasteiger partial charge < -0.3 is 5.32 Å². The molecule has 0 unspecified atom stereocenters. The van der Waals surface area contributed by atoms with Gasteiger partial charge in [-0.15, -0.1) is 11.3 Å². The Morgan fingerprint density at radius 2 is 2.13 bits per heavy atom. The summed E-state index contributed by atoms with van der Waals surface area (Å²) in [6.45, 7) is 1.19. The first-order chi connectivity index (χ1) is 11.2. The lowest BCUT2D eigenvalue weighted by Gasteiger charge is -2.10. The predicted octanol–water partition coefficient (Wildman–Crippen LogP) is 3.73. The Kier molecular flexibility index (Phi) is 5.25. The van der Waals surface area contributed by atoms with Crippen molar-refractivity contribution in [1.82, 2.24) is 15.1 Å². The van der Waals surface area contributed by atoms with E-state index in [9.17, 15) is 4.79 Å². The van der Waals surface area contributed by atoms with E-state index in [4.69, 9.17) is 0 Å². The van der Waals surface area contributed by atoms with Crippen molar-refractivity contribution in [1.29, 1.82) is 0 Å². The Balaban J connectivity index is 1.62. The molecule has 0 spiro atoms. The smallest absolute Gasteiger partial charge is 0.251 e. The van der Waals surface area contributed by atoms with Crippen molar-refractivity contribution in [2.24, 2.45) is 0 Å². The van der Waals surface area contributed by atoms with Crippen molar-refractivity contribution in [2.75, 3.05) is 6.54 Å². The lowest BCUT2D eigenvalue weighted by atomic mass is 10.0. The first-order valence-electron chi connectivity index (χ1n) is 7.29. The normalized spacial score (nSPS) is 10.7. The summed E-state index contributed by atoms with van der Waals surface area (Å²) in [6.07, 6.45) is 4.41. The molecule has 6 heteroatoms. The van der Waals surface area contributed by atoms with Crippen LogP contribution in [0.1, 0.15) is 20.8 Å². The molecule has 3 rings (SSSR count). The molecule has 0 fully saturated rings. The van der Waals surface area contributed by atoms with E-state index in [-0.39, 0.29) is 5.91 Å². The number of nitrogens with zero attached hydrogens (tertiary/aromatic N) is 2. The van der Waals surface area contributed by atoms with E-state index in [1.807, 2.05) is 36.5 Å². The number of carbonyl (C=O) groups is 1. The van der Waals surface area contributed by atoms with E-state index >= 15 is 0 Å². The van der Waals surface area contributed by atoms with Gasteiger partial charge in [-0.25, -0.2) is 0 Å². The number of aromatic nitrogens is 2. The maximum Gasteiger partial charge on any atom is 0.251 e. The van der Waals surface area contributed by atoms with E-state index in [0.717, 1.165) is 22.0 Å². The fraction of sp³-hybridized carbons (Fsp3) is 0.176. The Hall–Kier alpha value is -1.92. The molecule has 0 saturated carbocycles. The molecule has 0 bridgehead atoms. The fourth-order valence-corrected chi connectivity index (χ4v) is 3.39. The van der Waals surface area contributed by atoms with Gasteiger partial charge in [0.25, 0.3) is 5.91 Å². The Morgan fingerprint density at radius 3 is 2.87 bits per heavy atom. The standard InChI is InChI=1S/C17H16BrN3OS/c18-14-11-20-21(12-14)8-7-19-17(22)16-6-2-1-4-13(16)10-15-5-3-9-23-15/h1-6,9,11-12H,7-8,10H2,(H,19,22). The van der Waals surface area contributed by atoms with Crippen LogP contribution >= 0.6 is 27.3 Å². The van der Waals surface area contributed by atoms with Crippen molar-refractivity contribution >= 4 is 33.2 Å². The second-order valence-electron chi connectivity index (χ2n) is 5.09. The molecule has 1 amide bonds. The summed E-state index contributed by atoms with van der Waals surface area (Å²) in [5.41, 5.74) is 1.79. The maximum absolute atomic E-state index is 12.4. The van der Waals surface area contributed by atoms with Crippen LogP contribution in [0.4, 0.5) is 0 Å². The molecule has 1 aromatic carbocycles. The molecule has 1 N–H and O–H groups in total. The SMILES string of the molecule is O=C(NCCn1cc(Br)cn1)c1ccccc1Cc1cccs1. The first-order valence-corrected chi connectivity index (χ1v) is 8.96. The van der Waals surface area contributed by atoms with E-state index in [1.54, 1.807) is 22.2 Å². The van der Waals surface area contributed by atoms with E-state index in [1.165, 1.54) is 4.88 Å². The van der Waals surface area contributed by atoms with Crippen LogP contribution in [0.3, 0.4) is 0 Å². The minimum absolute atomic E-state index is 0.0385. The second kappa shape index (κ2) is 7.57. The summed E-state index contributed by atoms with van der Waals surface area (Å²) in [5.74, 6) is -0.0385. The van der Waals surface area contributed by atoms with Crippen LogP contribution in [-0.2, 0) is 13.0 Å². The Morgan fingerprint density at radius 1 is 1.26 bits per heavy atom. The van der Waals surface area contributed by atoms with E-state index < -0.39 is 0 Å². The van der Waals surface area contributed by atoms with Crippen LogP contribution in [-0.4, -0.2) is 22.2 Å². The molecule has 0 aliphatic heterocycles. The van der Waals surface area contributed by atoms with Crippen LogP contribution in [0, 0.1) is 0 Å². The van der Waals surface area contributed by atoms with Gasteiger partial charge in [0, 0.05) is 29.6 Å². The predicted molar refractivity (Wildman–Crippen MR) is 95.8 cm³/mol. The third-order valence-electron chi connectivity index (χ3n) is 3.43. The number of nitrogens with one attached hydrogen (secondary N) is 1. The molecular weight excluding hydrogens is 374 g/mol. The zero-order valence-corrected chi connectivity index (χ0v) is 14.8. The number of hydrogen-bond donors (Lipinski definition) is 1.